The third-order valence-corrected chi connectivity index (χ3v) is 3.24. The van der Waals surface area contributed by atoms with Crippen LogP contribution >= 0.6 is 0 Å². The molecule has 1 aromatic rings. The van der Waals surface area contributed by atoms with Crippen molar-refractivity contribution in [3.8, 4) is 0 Å². The second kappa shape index (κ2) is 6.02. The normalized spacial score (nSPS) is 19.4. The van der Waals surface area contributed by atoms with E-state index in [0.29, 0.717) is 6.10 Å². The highest BCUT2D eigenvalue weighted by atomic mass is 16.5. The van der Waals surface area contributed by atoms with Crippen LogP contribution in [0.25, 0.3) is 0 Å². The van der Waals surface area contributed by atoms with Gasteiger partial charge in [0.05, 0.1) is 12.7 Å². The Hall–Kier alpha value is -0.860. The highest BCUT2D eigenvalue weighted by Gasteiger charge is 2.19. The van der Waals surface area contributed by atoms with E-state index in [1.807, 2.05) is 7.05 Å². The molecule has 0 aliphatic carbocycles. The summed E-state index contributed by atoms with van der Waals surface area (Å²) in [5.41, 5.74) is 2.89. The Kier molecular flexibility index (Phi) is 4.37. The number of nitrogens with one attached hydrogen (secondary N) is 1. The summed E-state index contributed by atoms with van der Waals surface area (Å²) in [5, 5.41) is 3.18. The quantitative estimate of drug-likeness (QED) is 0.769. The lowest BCUT2D eigenvalue weighted by Gasteiger charge is -2.26. The van der Waals surface area contributed by atoms with Gasteiger partial charge in [-0.05, 0) is 50.4 Å². The van der Waals surface area contributed by atoms with Crippen molar-refractivity contribution in [2.24, 2.45) is 0 Å². The van der Waals surface area contributed by atoms with Crippen molar-refractivity contribution < 1.29 is 4.74 Å². The zero-order valence-corrected chi connectivity index (χ0v) is 10.0. The first kappa shape index (κ1) is 11.6. The van der Waals surface area contributed by atoms with E-state index in [2.05, 4.69) is 29.6 Å². The van der Waals surface area contributed by atoms with Gasteiger partial charge in [-0.2, -0.15) is 0 Å². The maximum Gasteiger partial charge on any atom is 0.0827 e. The van der Waals surface area contributed by atoms with E-state index in [4.69, 9.17) is 4.74 Å². The predicted octanol–water partition coefficient (Wildman–Crippen LogP) is 2.69. The van der Waals surface area contributed by atoms with Crippen LogP contribution in [0.2, 0.25) is 0 Å². The molecule has 2 nitrogen and oxygen atoms in total. The first-order valence-electron chi connectivity index (χ1n) is 6.26. The lowest BCUT2D eigenvalue weighted by Crippen LogP contribution is -2.16. The van der Waals surface area contributed by atoms with Crippen molar-refractivity contribution in [2.75, 3.05) is 20.2 Å². The highest BCUT2D eigenvalue weighted by Crippen LogP contribution is 2.30. The molecule has 0 amide bonds. The zero-order valence-electron chi connectivity index (χ0n) is 10.0. The molecule has 0 radical (unpaired) electrons. The monoisotopic (exact) mass is 219 g/mol. The molecule has 0 spiro atoms. The van der Waals surface area contributed by atoms with E-state index in [1.165, 1.54) is 24.0 Å². The van der Waals surface area contributed by atoms with Gasteiger partial charge in [0.1, 0.15) is 0 Å². The molecule has 1 aliphatic rings. The van der Waals surface area contributed by atoms with Gasteiger partial charge < -0.3 is 10.1 Å². The molecule has 0 bridgehead atoms. The Labute approximate surface area is 98.0 Å². The number of benzene rings is 1. The zero-order chi connectivity index (χ0) is 11.2. The Bertz CT molecular complexity index is 324. The molecular formula is C14H21NO. The number of unbranched alkanes of at least 4 members (excludes halogenated alkanes) is 1. The molecule has 1 N–H and O–H groups in total. The van der Waals surface area contributed by atoms with E-state index in [0.717, 1.165) is 26.0 Å². The third-order valence-electron chi connectivity index (χ3n) is 3.24. The molecular weight excluding hydrogens is 198 g/mol. The first-order valence-corrected chi connectivity index (χ1v) is 6.26. The van der Waals surface area contributed by atoms with Crippen molar-refractivity contribution in [1.82, 2.24) is 5.32 Å². The SMILES string of the molecule is CNCCCCC1OCCc2ccccc21. The van der Waals surface area contributed by atoms with Crippen molar-refractivity contribution in [2.45, 2.75) is 31.8 Å². The molecule has 0 fully saturated rings. The Morgan fingerprint density at radius 1 is 1.31 bits per heavy atom. The van der Waals surface area contributed by atoms with Crippen LogP contribution in [0.4, 0.5) is 0 Å². The molecule has 1 atom stereocenters. The molecule has 1 unspecified atom stereocenters. The summed E-state index contributed by atoms with van der Waals surface area (Å²) in [4.78, 5) is 0. The van der Waals surface area contributed by atoms with Gasteiger partial charge in [0.25, 0.3) is 0 Å². The summed E-state index contributed by atoms with van der Waals surface area (Å²) in [6, 6.07) is 8.70. The average Bonchev–Trinajstić information content (AvgIpc) is 2.35. The molecule has 0 aromatic heterocycles. The van der Waals surface area contributed by atoms with Gasteiger partial charge in [0.2, 0.25) is 0 Å². The predicted molar refractivity (Wildman–Crippen MR) is 66.6 cm³/mol. The van der Waals surface area contributed by atoms with Crippen LogP contribution < -0.4 is 5.32 Å². The van der Waals surface area contributed by atoms with E-state index in [9.17, 15) is 0 Å². The summed E-state index contributed by atoms with van der Waals surface area (Å²) in [6.45, 7) is 1.99. The number of fused-ring (bicyclic) bond motifs is 1. The van der Waals surface area contributed by atoms with Crippen LogP contribution in [-0.2, 0) is 11.2 Å². The van der Waals surface area contributed by atoms with Crippen molar-refractivity contribution >= 4 is 0 Å². The maximum absolute atomic E-state index is 5.86. The average molecular weight is 219 g/mol. The number of rotatable bonds is 5. The smallest absolute Gasteiger partial charge is 0.0827 e. The molecule has 1 aromatic carbocycles. The second-order valence-corrected chi connectivity index (χ2v) is 4.41. The number of hydrogen-bond acceptors (Lipinski definition) is 2. The summed E-state index contributed by atoms with van der Waals surface area (Å²) in [5.74, 6) is 0. The van der Waals surface area contributed by atoms with Crippen molar-refractivity contribution in [3.05, 3.63) is 35.4 Å². The molecule has 2 rings (SSSR count). The van der Waals surface area contributed by atoms with Gasteiger partial charge in [-0.15, -0.1) is 0 Å². The van der Waals surface area contributed by atoms with Crippen molar-refractivity contribution in [1.29, 1.82) is 0 Å². The molecule has 88 valence electrons. The fourth-order valence-corrected chi connectivity index (χ4v) is 2.35. The van der Waals surface area contributed by atoms with Gasteiger partial charge in [-0.1, -0.05) is 24.3 Å². The molecule has 0 saturated carbocycles. The summed E-state index contributed by atoms with van der Waals surface area (Å²) in [7, 11) is 2.01. The fraction of sp³-hybridized carbons (Fsp3) is 0.571. The lowest BCUT2D eigenvalue weighted by molar-refractivity contribution is 0.0349. The molecule has 1 heterocycles. The van der Waals surface area contributed by atoms with Crippen LogP contribution in [0, 0.1) is 0 Å². The molecule has 0 saturated heterocycles. The Morgan fingerprint density at radius 2 is 2.19 bits per heavy atom. The summed E-state index contributed by atoms with van der Waals surface area (Å²) in [6.07, 6.45) is 5.03. The minimum Gasteiger partial charge on any atom is -0.373 e. The minimum absolute atomic E-state index is 0.335. The number of ether oxygens (including phenoxy) is 1. The summed E-state index contributed by atoms with van der Waals surface area (Å²) < 4.78 is 5.86. The largest absolute Gasteiger partial charge is 0.373 e. The standard InChI is InChI=1S/C14H21NO/c1-15-10-5-4-8-14-13-7-3-2-6-12(13)9-11-16-14/h2-3,6-7,14-15H,4-5,8-11H2,1H3. The van der Waals surface area contributed by atoms with Crippen LogP contribution in [0.3, 0.4) is 0 Å². The number of hydrogen-bond donors (Lipinski definition) is 1. The van der Waals surface area contributed by atoms with Gasteiger partial charge in [0, 0.05) is 0 Å². The van der Waals surface area contributed by atoms with E-state index in [1.54, 1.807) is 0 Å². The van der Waals surface area contributed by atoms with Crippen molar-refractivity contribution in [3.63, 3.8) is 0 Å². The molecule has 1 aliphatic heterocycles. The minimum atomic E-state index is 0.335. The topological polar surface area (TPSA) is 21.3 Å². The Morgan fingerprint density at radius 3 is 3.06 bits per heavy atom. The van der Waals surface area contributed by atoms with E-state index >= 15 is 0 Å². The van der Waals surface area contributed by atoms with Crippen LogP contribution in [0.1, 0.15) is 36.5 Å². The van der Waals surface area contributed by atoms with E-state index < -0.39 is 0 Å². The van der Waals surface area contributed by atoms with Gasteiger partial charge in [-0.3, -0.25) is 0 Å². The summed E-state index contributed by atoms with van der Waals surface area (Å²) >= 11 is 0. The molecule has 16 heavy (non-hydrogen) atoms. The van der Waals surface area contributed by atoms with Gasteiger partial charge in [-0.25, -0.2) is 0 Å². The lowest BCUT2D eigenvalue weighted by atomic mass is 9.94. The van der Waals surface area contributed by atoms with E-state index in [-0.39, 0.29) is 0 Å². The van der Waals surface area contributed by atoms with Crippen LogP contribution in [0.15, 0.2) is 24.3 Å². The first-order chi connectivity index (χ1) is 7.92. The highest BCUT2D eigenvalue weighted by molar-refractivity contribution is 5.30. The second-order valence-electron chi connectivity index (χ2n) is 4.41. The van der Waals surface area contributed by atoms with Crippen LogP contribution in [0.5, 0.6) is 0 Å². The molecule has 2 heteroatoms. The maximum atomic E-state index is 5.86. The van der Waals surface area contributed by atoms with Gasteiger partial charge in [0.15, 0.2) is 0 Å². The third kappa shape index (κ3) is 2.83. The fourth-order valence-electron chi connectivity index (χ4n) is 2.35. The Balaban J connectivity index is 1.91. The van der Waals surface area contributed by atoms with Gasteiger partial charge >= 0.3 is 0 Å². The van der Waals surface area contributed by atoms with Crippen LogP contribution in [-0.4, -0.2) is 20.2 Å².